The predicted octanol–water partition coefficient (Wildman–Crippen LogP) is 2.53. The summed E-state index contributed by atoms with van der Waals surface area (Å²) in [5.41, 5.74) is 6.92. The van der Waals surface area contributed by atoms with Gasteiger partial charge in [0.1, 0.15) is 5.82 Å². The molecule has 1 aromatic rings. The third-order valence-corrected chi connectivity index (χ3v) is 2.97. The van der Waals surface area contributed by atoms with E-state index in [1.807, 2.05) is 12.1 Å². The molecular formula is C13H23N3. The average molecular weight is 221 g/mol. The third-order valence-electron chi connectivity index (χ3n) is 2.97. The van der Waals surface area contributed by atoms with Gasteiger partial charge in [-0.1, -0.05) is 27.2 Å². The van der Waals surface area contributed by atoms with Crippen LogP contribution in [0.4, 0.5) is 5.82 Å². The molecule has 0 aromatic carbocycles. The van der Waals surface area contributed by atoms with Crippen molar-refractivity contribution in [2.75, 3.05) is 18.8 Å². The summed E-state index contributed by atoms with van der Waals surface area (Å²) in [7, 11) is 0. The third kappa shape index (κ3) is 4.19. The van der Waals surface area contributed by atoms with Crippen LogP contribution < -0.4 is 5.73 Å². The second kappa shape index (κ2) is 6.48. The number of nitrogen functional groups attached to an aromatic ring is 1. The molecule has 2 N–H and O–H groups in total. The lowest BCUT2D eigenvalue weighted by atomic mass is 10.1. The summed E-state index contributed by atoms with van der Waals surface area (Å²) in [6, 6.07) is 3.99. The minimum absolute atomic E-state index is 0.608. The summed E-state index contributed by atoms with van der Waals surface area (Å²) < 4.78 is 0. The Labute approximate surface area is 98.7 Å². The Morgan fingerprint density at radius 2 is 2.19 bits per heavy atom. The minimum atomic E-state index is 0.608. The van der Waals surface area contributed by atoms with Gasteiger partial charge in [-0.3, -0.25) is 4.90 Å². The van der Waals surface area contributed by atoms with Gasteiger partial charge in [-0.2, -0.15) is 0 Å². The monoisotopic (exact) mass is 221 g/mol. The summed E-state index contributed by atoms with van der Waals surface area (Å²) >= 11 is 0. The summed E-state index contributed by atoms with van der Waals surface area (Å²) in [6.07, 6.45) is 3.01. The number of anilines is 1. The van der Waals surface area contributed by atoms with Gasteiger partial charge in [0, 0.05) is 19.3 Å². The van der Waals surface area contributed by atoms with Gasteiger partial charge in [-0.15, -0.1) is 0 Å². The molecule has 90 valence electrons. The molecule has 0 saturated carbocycles. The van der Waals surface area contributed by atoms with Crippen molar-refractivity contribution in [3.63, 3.8) is 0 Å². The first-order valence-corrected chi connectivity index (χ1v) is 6.08. The first-order chi connectivity index (χ1) is 7.65. The zero-order valence-corrected chi connectivity index (χ0v) is 10.6. The Bertz CT molecular complexity index is 312. The van der Waals surface area contributed by atoms with Crippen LogP contribution in [0, 0.1) is 5.92 Å². The van der Waals surface area contributed by atoms with Crippen LogP contribution in [-0.2, 0) is 6.54 Å². The fourth-order valence-corrected chi connectivity index (χ4v) is 1.73. The van der Waals surface area contributed by atoms with Gasteiger partial charge in [0.2, 0.25) is 0 Å². The molecule has 3 nitrogen and oxygen atoms in total. The Balaban J connectivity index is 2.56. The van der Waals surface area contributed by atoms with Crippen molar-refractivity contribution in [2.45, 2.75) is 33.7 Å². The number of aromatic nitrogens is 1. The molecule has 0 saturated heterocycles. The van der Waals surface area contributed by atoms with Crippen LogP contribution in [0.5, 0.6) is 0 Å². The number of nitrogens with two attached hydrogens (primary N) is 1. The number of pyridine rings is 1. The summed E-state index contributed by atoms with van der Waals surface area (Å²) in [5, 5.41) is 0. The zero-order valence-electron chi connectivity index (χ0n) is 10.6. The molecule has 3 heteroatoms. The molecule has 1 unspecified atom stereocenters. The van der Waals surface area contributed by atoms with Crippen LogP contribution in [-0.4, -0.2) is 23.0 Å². The highest BCUT2D eigenvalue weighted by Gasteiger charge is 2.08. The van der Waals surface area contributed by atoms with Crippen molar-refractivity contribution in [1.82, 2.24) is 9.88 Å². The van der Waals surface area contributed by atoms with Crippen LogP contribution in [0.2, 0.25) is 0 Å². The lowest BCUT2D eigenvalue weighted by Gasteiger charge is -2.23. The van der Waals surface area contributed by atoms with E-state index in [1.165, 1.54) is 12.0 Å². The van der Waals surface area contributed by atoms with E-state index >= 15 is 0 Å². The van der Waals surface area contributed by atoms with Crippen molar-refractivity contribution in [2.24, 2.45) is 5.92 Å². The quantitative estimate of drug-likeness (QED) is 0.802. The van der Waals surface area contributed by atoms with Gasteiger partial charge in [-0.05, 0) is 30.2 Å². The molecule has 1 rings (SSSR count). The lowest BCUT2D eigenvalue weighted by molar-refractivity contribution is 0.238. The first-order valence-electron chi connectivity index (χ1n) is 6.08. The van der Waals surface area contributed by atoms with Crippen LogP contribution in [0.15, 0.2) is 18.3 Å². The fourth-order valence-electron chi connectivity index (χ4n) is 1.73. The first kappa shape index (κ1) is 13.0. The van der Waals surface area contributed by atoms with Gasteiger partial charge in [0.05, 0.1) is 0 Å². The fraction of sp³-hybridized carbons (Fsp3) is 0.615. The van der Waals surface area contributed by atoms with E-state index in [2.05, 4.69) is 30.7 Å². The molecular weight excluding hydrogens is 198 g/mol. The number of hydrogen-bond donors (Lipinski definition) is 1. The maximum atomic E-state index is 5.67. The number of nitrogens with zero attached hydrogens (tertiary/aromatic N) is 2. The van der Waals surface area contributed by atoms with Crippen LogP contribution in [0.1, 0.15) is 32.8 Å². The molecule has 0 fully saturated rings. The molecule has 0 bridgehead atoms. The molecule has 0 aliphatic rings. The molecule has 16 heavy (non-hydrogen) atoms. The van der Waals surface area contributed by atoms with Crippen molar-refractivity contribution in [3.8, 4) is 0 Å². The Kier molecular flexibility index (Phi) is 5.26. The normalized spacial score (nSPS) is 13.0. The van der Waals surface area contributed by atoms with E-state index in [9.17, 15) is 0 Å². The molecule has 0 radical (unpaired) electrons. The average Bonchev–Trinajstić information content (AvgIpc) is 2.28. The van der Waals surface area contributed by atoms with Crippen molar-refractivity contribution in [1.29, 1.82) is 0 Å². The summed E-state index contributed by atoms with van der Waals surface area (Å²) in [4.78, 5) is 6.46. The largest absolute Gasteiger partial charge is 0.384 e. The highest BCUT2D eigenvalue weighted by molar-refractivity contribution is 5.31. The molecule has 1 atom stereocenters. The van der Waals surface area contributed by atoms with Gasteiger partial charge >= 0.3 is 0 Å². The molecule has 0 spiro atoms. The Morgan fingerprint density at radius 1 is 1.44 bits per heavy atom. The Hall–Kier alpha value is -1.09. The lowest BCUT2D eigenvalue weighted by Crippen LogP contribution is -2.27. The zero-order chi connectivity index (χ0) is 12.0. The van der Waals surface area contributed by atoms with Crippen molar-refractivity contribution >= 4 is 5.82 Å². The second-order valence-corrected chi connectivity index (χ2v) is 4.43. The maximum absolute atomic E-state index is 5.67. The standard InChI is InChI=1S/C13H23N3/c1-4-11(3)9-16(5-2)10-12-6-7-15-13(14)8-12/h6-8,11H,4-5,9-10H2,1-3H3,(H2,14,15). The maximum Gasteiger partial charge on any atom is 0.123 e. The molecule has 0 aliphatic carbocycles. The molecule has 1 heterocycles. The Morgan fingerprint density at radius 3 is 2.75 bits per heavy atom. The molecule has 0 amide bonds. The summed E-state index contributed by atoms with van der Waals surface area (Å²) in [5.74, 6) is 1.36. The van der Waals surface area contributed by atoms with Crippen molar-refractivity contribution in [3.05, 3.63) is 23.9 Å². The minimum Gasteiger partial charge on any atom is -0.384 e. The smallest absolute Gasteiger partial charge is 0.123 e. The van der Waals surface area contributed by atoms with Crippen LogP contribution in [0.3, 0.4) is 0 Å². The second-order valence-electron chi connectivity index (χ2n) is 4.43. The van der Waals surface area contributed by atoms with Gasteiger partial charge in [0.15, 0.2) is 0 Å². The topological polar surface area (TPSA) is 42.2 Å². The highest BCUT2D eigenvalue weighted by Crippen LogP contribution is 2.10. The van der Waals surface area contributed by atoms with E-state index in [1.54, 1.807) is 6.20 Å². The van der Waals surface area contributed by atoms with Gasteiger partial charge in [-0.25, -0.2) is 4.98 Å². The van der Waals surface area contributed by atoms with E-state index < -0.39 is 0 Å². The van der Waals surface area contributed by atoms with Crippen molar-refractivity contribution < 1.29 is 0 Å². The summed E-state index contributed by atoms with van der Waals surface area (Å²) in [6.45, 7) is 9.93. The van der Waals surface area contributed by atoms with E-state index in [4.69, 9.17) is 5.73 Å². The molecule has 0 aliphatic heterocycles. The molecule has 1 aromatic heterocycles. The van der Waals surface area contributed by atoms with E-state index in [0.29, 0.717) is 5.82 Å². The van der Waals surface area contributed by atoms with E-state index in [0.717, 1.165) is 25.6 Å². The van der Waals surface area contributed by atoms with Crippen LogP contribution in [0.25, 0.3) is 0 Å². The highest BCUT2D eigenvalue weighted by atomic mass is 15.1. The van der Waals surface area contributed by atoms with Crippen LogP contribution >= 0.6 is 0 Å². The number of hydrogen-bond acceptors (Lipinski definition) is 3. The number of rotatable bonds is 6. The van der Waals surface area contributed by atoms with Gasteiger partial charge < -0.3 is 5.73 Å². The van der Waals surface area contributed by atoms with Gasteiger partial charge in [0.25, 0.3) is 0 Å². The SMILES string of the molecule is CCC(C)CN(CC)Cc1ccnc(N)c1. The van der Waals surface area contributed by atoms with E-state index in [-0.39, 0.29) is 0 Å². The predicted molar refractivity (Wildman–Crippen MR) is 69.1 cm³/mol.